The summed E-state index contributed by atoms with van der Waals surface area (Å²) < 4.78 is 19.5. The minimum atomic E-state index is -0.652. The highest BCUT2D eigenvalue weighted by atomic mass is 19.1. The second-order valence-corrected chi connectivity index (χ2v) is 6.99. The molecule has 30 heavy (non-hydrogen) atoms. The average molecular weight is 405 g/mol. The summed E-state index contributed by atoms with van der Waals surface area (Å²) >= 11 is 0. The Morgan fingerprint density at radius 1 is 1.17 bits per heavy atom. The fraction of sp³-hybridized carbons (Fsp3) is 0.143. The van der Waals surface area contributed by atoms with Gasteiger partial charge < -0.3 is 5.32 Å². The highest BCUT2D eigenvalue weighted by Crippen LogP contribution is 2.29. The molecule has 0 unspecified atom stereocenters. The quantitative estimate of drug-likeness (QED) is 0.543. The van der Waals surface area contributed by atoms with Gasteiger partial charge >= 0.3 is 5.76 Å². The van der Waals surface area contributed by atoms with Crippen LogP contribution < -0.4 is 11.1 Å². The summed E-state index contributed by atoms with van der Waals surface area (Å²) in [6.07, 6.45) is 2.51. The molecule has 4 aromatic rings. The van der Waals surface area contributed by atoms with Crippen LogP contribution in [-0.4, -0.2) is 25.8 Å². The Bertz CT molecular complexity index is 1300. The maximum absolute atomic E-state index is 13.3. The van der Waals surface area contributed by atoms with E-state index in [0.29, 0.717) is 22.6 Å². The molecule has 8 nitrogen and oxygen atoms in total. The van der Waals surface area contributed by atoms with Gasteiger partial charge in [-0.15, -0.1) is 0 Å². The first-order valence-corrected chi connectivity index (χ1v) is 9.43. The Morgan fingerprint density at radius 3 is 2.77 bits per heavy atom. The van der Waals surface area contributed by atoms with Crippen LogP contribution in [0.1, 0.15) is 28.2 Å². The normalized spacial score (nSPS) is 12.7. The van der Waals surface area contributed by atoms with Crippen LogP contribution in [0.15, 0.2) is 57.8 Å². The van der Waals surface area contributed by atoms with Crippen molar-refractivity contribution in [2.75, 3.05) is 5.32 Å². The molecule has 2 N–H and O–H groups in total. The first-order chi connectivity index (χ1) is 14.6. The monoisotopic (exact) mass is 405 g/mol. The van der Waals surface area contributed by atoms with E-state index in [9.17, 15) is 14.0 Å². The molecule has 0 spiro atoms. The van der Waals surface area contributed by atoms with Crippen LogP contribution in [0.2, 0.25) is 0 Å². The third-order valence-corrected chi connectivity index (χ3v) is 5.05. The van der Waals surface area contributed by atoms with E-state index in [-0.39, 0.29) is 17.5 Å². The zero-order chi connectivity index (χ0) is 20.7. The Balaban J connectivity index is 1.45. The van der Waals surface area contributed by atoms with Crippen LogP contribution in [-0.2, 0) is 12.8 Å². The molecule has 0 radical (unpaired) electrons. The van der Waals surface area contributed by atoms with Crippen molar-refractivity contribution in [2.24, 2.45) is 0 Å². The summed E-state index contributed by atoms with van der Waals surface area (Å²) in [4.78, 5) is 26.6. The summed E-state index contributed by atoms with van der Waals surface area (Å²) in [5.41, 5.74) is 4.08. The van der Waals surface area contributed by atoms with Crippen LogP contribution in [0.4, 0.5) is 10.1 Å². The fourth-order valence-electron chi connectivity index (χ4n) is 3.70. The minimum absolute atomic E-state index is 0.276. The first kappa shape index (κ1) is 18.0. The number of carbonyl (C=O) groups is 1. The van der Waals surface area contributed by atoms with Gasteiger partial charge in [-0.05, 0) is 55.7 Å². The maximum atomic E-state index is 13.3. The van der Waals surface area contributed by atoms with Crippen molar-refractivity contribution in [1.29, 1.82) is 0 Å². The largest absolute Gasteiger partial charge is 0.439 e. The molecule has 2 heterocycles. The van der Waals surface area contributed by atoms with Gasteiger partial charge in [0.25, 0.3) is 5.91 Å². The third-order valence-electron chi connectivity index (χ3n) is 5.05. The molecule has 2 aromatic carbocycles. The van der Waals surface area contributed by atoms with E-state index in [2.05, 4.69) is 25.1 Å². The van der Waals surface area contributed by atoms with E-state index >= 15 is 0 Å². The van der Waals surface area contributed by atoms with Crippen molar-refractivity contribution in [3.63, 3.8) is 0 Å². The minimum Gasteiger partial charge on any atom is -0.321 e. The summed E-state index contributed by atoms with van der Waals surface area (Å²) in [5.74, 6) is -1.03. The number of rotatable bonds is 4. The Morgan fingerprint density at radius 2 is 2.00 bits per heavy atom. The number of aromatic amines is 1. The lowest BCUT2D eigenvalue weighted by Crippen LogP contribution is -2.15. The molecule has 9 heteroatoms. The second-order valence-electron chi connectivity index (χ2n) is 6.99. The van der Waals surface area contributed by atoms with Gasteiger partial charge in [0, 0.05) is 22.5 Å². The van der Waals surface area contributed by atoms with Crippen LogP contribution >= 0.6 is 0 Å². The highest BCUT2D eigenvalue weighted by molar-refractivity contribution is 6.04. The lowest BCUT2D eigenvalue weighted by atomic mass is 10.1. The van der Waals surface area contributed by atoms with Gasteiger partial charge in [0.1, 0.15) is 5.82 Å². The SMILES string of the molecule is O=C(Nc1cccc(-c2noc(=O)[nH]2)c1)c1nn(-c2ccc(F)cc2)c2c1CCC2. The molecule has 2 aromatic heterocycles. The number of fused-ring (bicyclic) bond motifs is 1. The van der Waals surface area contributed by atoms with Crippen LogP contribution in [0.25, 0.3) is 17.1 Å². The molecule has 0 bridgehead atoms. The zero-order valence-corrected chi connectivity index (χ0v) is 15.7. The summed E-state index contributed by atoms with van der Waals surface area (Å²) in [5, 5.41) is 11.0. The molecule has 5 rings (SSSR count). The molecule has 1 aliphatic rings. The van der Waals surface area contributed by atoms with Crippen molar-refractivity contribution < 1.29 is 13.7 Å². The number of aromatic nitrogens is 4. The Labute approximate surface area is 169 Å². The molecule has 1 amide bonds. The van der Waals surface area contributed by atoms with Crippen molar-refractivity contribution in [2.45, 2.75) is 19.3 Å². The van der Waals surface area contributed by atoms with Crippen LogP contribution in [0.5, 0.6) is 0 Å². The smallest absolute Gasteiger partial charge is 0.321 e. The number of hydrogen-bond acceptors (Lipinski definition) is 5. The van der Waals surface area contributed by atoms with Crippen molar-refractivity contribution >= 4 is 11.6 Å². The van der Waals surface area contributed by atoms with E-state index in [1.807, 2.05) is 0 Å². The molecular formula is C21H16FN5O3. The van der Waals surface area contributed by atoms with Gasteiger partial charge in [0.05, 0.1) is 5.69 Å². The maximum Gasteiger partial charge on any atom is 0.439 e. The van der Waals surface area contributed by atoms with E-state index < -0.39 is 5.76 Å². The number of amides is 1. The van der Waals surface area contributed by atoms with E-state index in [1.165, 1.54) is 12.1 Å². The predicted octanol–water partition coefficient (Wildman–Crippen LogP) is 3.10. The molecule has 0 fully saturated rings. The lowest BCUT2D eigenvalue weighted by Gasteiger charge is -2.06. The summed E-state index contributed by atoms with van der Waals surface area (Å²) in [6.45, 7) is 0. The Hall–Kier alpha value is -4.01. The summed E-state index contributed by atoms with van der Waals surface area (Å²) in [7, 11) is 0. The van der Waals surface area contributed by atoms with Crippen molar-refractivity contribution in [3.05, 3.63) is 81.9 Å². The van der Waals surface area contributed by atoms with Crippen LogP contribution in [0, 0.1) is 5.82 Å². The Kier molecular flexibility index (Phi) is 4.27. The van der Waals surface area contributed by atoms with E-state index in [1.54, 1.807) is 41.1 Å². The molecule has 0 atom stereocenters. The number of halogens is 1. The van der Waals surface area contributed by atoms with Crippen molar-refractivity contribution in [3.8, 4) is 17.1 Å². The first-order valence-electron chi connectivity index (χ1n) is 9.43. The number of nitrogens with zero attached hydrogens (tertiary/aromatic N) is 3. The van der Waals surface area contributed by atoms with Crippen LogP contribution in [0.3, 0.4) is 0 Å². The lowest BCUT2D eigenvalue weighted by molar-refractivity contribution is 0.102. The highest BCUT2D eigenvalue weighted by Gasteiger charge is 2.27. The third kappa shape index (κ3) is 3.20. The number of H-pyrrole nitrogens is 1. The second kappa shape index (κ2) is 7.11. The van der Waals surface area contributed by atoms with E-state index in [0.717, 1.165) is 30.5 Å². The number of benzene rings is 2. The van der Waals surface area contributed by atoms with Crippen molar-refractivity contribution in [1.82, 2.24) is 19.9 Å². The van der Waals surface area contributed by atoms with Gasteiger partial charge in [0.2, 0.25) is 0 Å². The van der Waals surface area contributed by atoms with Gasteiger partial charge in [-0.1, -0.05) is 17.3 Å². The average Bonchev–Trinajstić information content (AvgIpc) is 3.45. The number of carbonyl (C=O) groups excluding carboxylic acids is 1. The summed E-state index contributed by atoms with van der Waals surface area (Å²) in [6, 6.07) is 12.9. The number of nitrogens with one attached hydrogen (secondary N) is 2. The van der Waals surface area contributed by atoms with Gasteiger partial charge in [-0.2, -0.15) is 5.10 Å². The van der Waals surface area contributed by atoms with Gasteiger partial charge in [-0.25, -0.2) is 13.9 Å². The predicted molar refractivity (Wildman–Crippen MR) is 106 cm³/mol. The van der Waals surface area contributed by atoms with E-state index in [4.69, 9.17) is 0 Å². The number of hydrogen-bond donors (Lipinski definition) is 2. The number of anilines is 1. The molecule has 0 saturated heterocycles. The van der Waals surface area contributed by atoms with Gasteiger partial charge in [-0.3, -0.25) is 14.3 Å². The van der Waals surface area contributed by atoms with Gasteiger partial charge in [0.15, 0.2) is 11.5 Å². The topological polar surface area (TPSA) is 106 Å². The molecular weight excluding hydrogens is 389 g/mol. The fourth-order valence-corrected chi connectivity index (χ4v) is 3.70. The standard InChI is InChI=1S/C21H16FN5O3/c22-13-7-9-15(10-8-13)27-17-6-2-5-16(17)18(25-27)20(28)23-14-4-1-3-12(11-14)19-24-21(29)30-26-19/h1,3-4,7-11H,2,5-6H2,(H,23,28)(H,24,26,29). The molecule has 0 saturated carbocycles. The zero-order valence-electron chi connectivity index (χ0n) is 15.7. The molecule has 1 aliphatic carbocycles. The molecule has 150 valence electrons. The molecule has 0 aliphatic heterocycles.